The second kappa shape index (κ2) is 6.30. The monoisotopic (exact) mass is 342 g/mol. The van der Waals surface area contributed by atoms with Gasteiger partial charge in [-0.05, 0) is 49.2 Å². The Kier molecular flexibility index (Phi) is 3.96. The average Bonchev–Trinajstić information content (AvgIpc) is 3.01. The average molecular weight is 342 g/mol. The number of nitrogens with two attached hydrogens (primary N) is 1. The van der Waals surface area contributed by atoms with Crippen molar-refractivity contribution in [3.05, 3.63) is 71.7 Å². The van der Waals surface area contributed by atoms with Crippen LogP contribution in [0.25, 0.3) is 28.0 Å². The van der Waals surface area contributed by atoms with Crippen molar-refractivity contribution in [1.29, 1.82) is 0 Å². The fraction of sp³-hybridized carbons (Fsp3) is 0.182. The number of benzene rings is 2. The van der Waals surface area contributed by atoms with E-state index in [1.165, 1.54) is 0 Å². The van der Waals surface area contributed by atoms with Gasteiger partial charge in [0, 0.05) is 29.1 Å². The molecule has 0 unspecified atom stereocenters. The van der Waals surface area contributed by atoms with Gasteiger partial charge in [-0.2, -0.15) is 0 Å². The van der Waals surface area contributed by atoms with Gasteiger partial charge < -0.3 is 5.73 Å². The Morgan fingerprint density at radius 2 is 1.69 bits per heavy atom. The Bertz CT molecular complexity index is 1090. The molecule has 0 bridgehead atoms. The Morgan fingerprint density at radius 3 is 2.38 bits per heavy atom. The molecule has 0 saturated carbocycles. The third-order valence-electron chi connectivity index (χ3n) is 4.72. The number of aromatic nitrogens is 3. The van der Waals surface area contributed by atoms with Crippen LogP contribution in [0.2, 0.25) is 0 Å². The van der Waals surface area contributed by atoms with Crippen LogP contribution in [-0.4, -0.2) is 14.5 Å². The van der Waals surface area contributed by atoms with Crippen LogP contribution in [0.5, 0.6) is 0 Å². The van der Waals surface area contributed by atoms with Gasteiger partial charge in [0.25, 0.3) is 0 Å². The number of fused-ring (bicyclic) bond motifs is 1. The van der Waals surface area contributed by atoms with Gasteiger partial charge >= 0.3 is 0 Å². The summed E-state index contributed by atoms with van der Waals surface area (Å²) < 4.78 is 2.16. The third-order valence-corrected chi connectivity index (χ3v) is 4.72. The Morgan fingerprint density at radius 1 is 0.962 bits per heavy atom. The number of nitrogens with zero attached hydrogens (tertiary/aromatic N) is 3. The molecule has 4 heteroatoms. The second-order valence-corrected chi connectivity index (χ2v) is 6.60. The minimum absolute atomic E-state index is 0.787. The summed E-state index contributed by atoms with van der Waals surface area (Å²) in [4.78, 5) is 9.58. The van der Waals surface area contributed by atoms with E-state index in [-0.39, 0.29) is 0 Å². The number of hydrogen-bond acceptors (Lipinski definition) is 3. The zero-order valence-corrected chi connectivity index (χ0v) is 15.3. The summed E-state index contributed by atoms with van der Waals surface area (Å²) in [6.45, 7) is 6.24. The summed E-state index contributed by atoms with van der Waals surface area (Å²) >= 11 is 0. The highest BCUT2D eigenvalue weighted by atomic mass is 15.1. The van der Waals surface area contributed by atoms with Gasteiger partial charge in [0.15, 0.2) is 5.65 Å². The molecule has 4 aromatic rings. The Hall–Kier alpha value is -3.14. The molecule has 0 radical (unpaired) electrons. The van der Waals surface area contributed by atoms with Crippen LogP contribution in [0, 0.1) is 13.8 Å². The number of anilines is 1. The minimum Gasteiger partial charge on any atom is -0.398 e. The zero-order chi connectivity index (χ0) is 18.3. The van der Waals surface area contributed by atoms with Crippen molar-refractivity contribution in [2.75, 3.05) is 5.73 Å². The molecule has 0 aliphatic heterocycles. The van der Waals surface area contributed by atoms with E-state index >= 15 is 0 Å². The number of pyridine rings is 1. The molecule has 130 valence electrons. The van der Waals surface area contributed by atoms with Crippen molar-refractivity contribution in [2.24, 2.45) is 0 Å². The molecule has 26 heavy (non-hydrogen) atoms. The molecule has 2 heterocycles. The van der Waals surface area contributed by atoms with Crippen LogP contribution in [0.3, 0.4) is 0 Å². The van der Waals surface area contributed by atoms with E-state index in [4.69, 9.17) is 15.7 Å². The molecule has 0 aliphatic carbocycles. The Labute approximate surface area is 153 Å². The zero-order valence-electron chi connectivity index (χ0n) is 15.3. The van der Waals surface area contributed by atoms with Crippen LogP contribution in [0.4, 0.5) is 5.69 Å². The first-order chi connectivity index (χ1) is 12.6. The number of imidazole rings is 1. The van der Waals surface area contributed by atoms with Gasteiger partial charge in [0.2, 0.25) is 0 Å². The van der Waals surface area contributed by atoms with Crippen LogP contribution < -0.4 is 5.73 Å². The highest BCUT2D eigenvalue weighted by Gasteiger charge is 2.15. The lowest BCUT2D eigenvalue weighted by atomic mass is 10.0. The van der Waals surface area contributed by atoms with Crippen molar-refractivity contribution >= 4 is 16.9 Å². The number of para-hydroxylation sites is 1. The number of nitrogen functional groups attached to an aromatic ring is 1. The van der Waals surface area contributed by atoms with Gasteiger partial charge in [-0.1, -0.05) is 37.3 Å². The lowest BCUT2D eigenvalue weighted by Crippen LogP contribution is -2.01. The normalized spacial score (nSPS) is 11.2. The molecule has 2 aromatic heterocycles. The fourth-order valence-corrected chi connectivity index (χ4v) is 3.46. The molecule has 0 fully saturated rings. The first-order valence-corrected chi connectivity index (χ1v) is 8.89. The second-order valence-electron chi connectivity index (χ2n) is 6.60. The molecular formula is C22H22N4. The maximum Gasteiger partial charge on any atom is 0.165 e. The van der Waals surface area contributed by atoms with E-state index in [1.807, 2.05) is 31.2 Å². The van der Waals surface area contributed by atoms with E-state index in [9.17, 15) is 0 Å². The van der Waals surface area contributed by atoms with Crippen molar-refractivity contribution in [2.45, 2.75) is 27.2 Å². The maximum atomic E-state index is 6.11. The first-order valence-electron chi connectivity index (χ1n) is 8.89. The molecule has 0 spiro atoms. The number of aryl methyl sites for hydroxylation is 3. The molecule has 0 saturated heterocycles. The Balaban J connectivity index is 1.87. The quantitative estimate of drug-likeness (QED) is 0.542. The third kappa shape index (κ3) is 2.64. The number of rotatable bonds is 3. The summed E-state index contributed by atoms with van der Waals surface area (Å²) in [5, 5.41) is 0. The van der Waals surface area contributed by atoms with Gasteiger partial charge in [-0.3, -0.25) is 4.57 Å². The maximum absolute atomic E-state index is 6.11. The van der Waals surface area contributed by atoms with E-state index in [0.717, 1.165) is 57.2 Å². The topological polar surface area (TPSA) is 56.7 Å². The fourth-order valence-electron chi connectivity index (χ4n) is 3.46. The molecule has 4 nitrogen and oxygen atoms in total. The van der Waals surface area contributed by atoms with Crippen LogP contribution >= 0.6 is 0 Å². The molecular weight excluding hydrogens is 320 g/mol. The van der Waals surface area contributed by atoms with E-state index in [1.54, 1.807) is 0 Å². The van der Waals surface area contributed by atoms with Crippen LogP contribution in [-0.2, 0) is 6.42 Å². The summed E-state index contributed by atoms with van der Waals surface area (Å²) in [5.74, 6) is 1.02. The molecule has 0 aliphatic rings. The van der Waals surface area contributed by atoms with Crippen LogP contribution in [0.15, 0.2) is 54.6 Å². The van der Waals surface area contributed by atoms with Crippen molar-refractivity contribution < 1.29 is 0 Å². The van der Waals surface area contributed by atoms with E-state index in [2.05, 4.69) is 48.7 Å². The lowest BCUT2D eigenvalue weighted by Gasteiger charge is -2.10. The highest BCUT2D eigenvalue weighted by Crippen LogP contribution is 2.28. The van der Waals surface area contributed by atoms with Gasteiger partial charge in [0.1, 0.15) is 11.3 Å². The predicted octanol–water partition coefficient (Wildman–Crippen LogP) is 4.85. The van der Waals surface area contributed by atoms with Crippen molar-refractivity contribution in [3.63, 3.8) is 0 Å². The van der Waals surface area contributed by atoms with Crippen molar-refractivity contribution in [1.82, 2.24) is 14.5 Å². The van der Waals surface area contributed by atoms with Gasteiger partial charge in [-0.25, -0.2) is 9.97 Å². The minimum atomic E-state index is 0.787. The van der Waals surface area contributed by atoms with E-state index in [0.29, 0.717) is 0 Å². The summed E-state index contributed by atoms with van der Waals surface area (Å²) in [6.07, 6.45) is 0.849. The molecule has 2 aromatic carbocycles. The molecule has 4 rings (SSSR count). The van der Waals surface area contributed by atoms with E-state index < -0.39 is 0 Å². The van der Waals surface area contributed by atoms with Gasteiger partial charge in [-0.15, -0.1) is 0 Å². The summed E-state index contributed by atoms with van der Waals surface area (Å²) in [5.41, 5.74) is 14.2. The predicted molar refractivity (Wildman–Crippen MR) is 108 cm³/mol. The van der Waals surface area contributed by atoms with Crippen LogP contribution in [0.1, 0.15) is 24.0 Å². The molecule has 2 N–H and O–H groups in total. The standard InChI is InChI=1S/C22H22N4/c1-4-20-25-21-14(2)13-15(3)24-22(21)26(20)17-11-9-16(10-12-17)18-7-5-6-8-19(18)23/h5-13H,4,23H2,1-3H3. The SMILES string of the molecule is CCc1nc2c(C)cc(C)nc2n1-c1ccc(-c2ccccc2N)cc1. The largest absolute Gasteiger partial charge is 0.398 e. The number of hydrogen-bond donors (Lipinski definition) is 1. The lowest BCUT2D eigenvalue weighted by molar-refractivity contribution is 0.900. The summed E-state index contributed by atoms with van der Waals surface area (Å²) in [6, 6.07) is 18.5. The molecule has 0 amide bonds. The summed E-state index contributed by atoms with van der Waals surface area (Å²) in [7, 11) is 0. The van der Waals surface area contributed by atoms with Gasteiger partial charge in [0.05, 0.1) is 0 Å². The smallest absolute Gasteiger partial charge is 0.165 e. The van der Waals surface area contributed by atoms with Crippen molar-refractivity contribution in [3.8, 4) is 16.8 Å². The molecule has 0 atom stereocenters. The highest BCUT2D eigenvalue weighted by molar-refractivity contribution is 5.79. The first kappa shape index (κ1) is 16.3.